The second-order valence-electron chi connectivity index (χ2n) is 14.4. The van der Waals surface area contributed by atoms with Crippen molar-refractivity contribution < 1.29 is 10.2 Å². The minimum absolute atomic E-state index is 0.154. The average molecular weight is 628 g/mol. The minimum atomic E-state index is -1.25. The van der Waals surface area contributed by atoms with Crippen molar-refractivity contribution >= 4 is 7.26 Å². The van der Waals surface area contributed by atoms with Crippen molar-refractivity contribution in [2.24, 2.45) is 0 Å². The van der Waals surface area contributed by atoms with Crippen LogP contribution in [0.25, 0.3) is 0 Å². The van der Waals surface area contributed by atoms with Gasteiger partial charge in [-0.25, -0.2) is 0 Å². The van der Waals surface area contributed by atoms with Gasteiger partial charge in [-0.3, -0.25) is 0 Å². The first kappa shape index (κ1) is 43.4. The zero-order valence-electron chi connectivity index (χ0n) is 30.5. The van der Waals surface area contributed by atoms with Gasteiger partial charge in [-0.2, -0.15) is 0 Å². The number of hydrogen-bond acceptors (Lipinski definition) is 2. The van der Waals surface area contributed by atoms with Crippen LogP contribution in [0.4, 0.5) is 0 Å². The maximum absolute atomic E-state index is 10.9. The van der Waals surface area contributed by atoms with Crippen molar-refractivity contribution in [3.8, 4) is 0 Å². The fraction of sp³-hybridized carbons (Fsp3) is 1.00. The van der Waals surface area contributed by atoms with Gasteiger partial charge in [0.05, 0.1) is 36.9 Å². The van der Waals surface area contributed by atoms with Crippen LogP contribution in [0, 0.1) is 0 Å². The van der Waals surface area contributed by atoms with E-state index in [9.17, 15) is 10.2 Å². The van der Waals surface area contributed by atoms with Gasteiger partial charge in [0.15, 0.2) is 0 Å². The highest BCUT2D eigenvalue weighted by Gasteiger charge is 2.37. The molecule has 0 saturated heterocycles. The Bertz CT molecular complexity index is 479. The smallest absolute Gasteiger partial charge is 0.0875 e. The molecule has 260 valence electrons. The van der Waals surface area contributed by atoms with Gasteiger partial charge in [0.25, 0.3) is 0 Å². The zero-order valence-corrected chi connectivity index (χ0v) is 31.4. The van der Waals surface area contributed by atoms with Crippen molar-refractivity contribution in [1.82, 2.24) is 0 Å². The summed E-state index contributed by atoms with van der Waals surface area (Å²) in [5.74, 6) is 0. The summed E-state index contributed by atoms with van der Waals surface area (Å²) in [6.07, 6.45) is 44.7. The molecule has 0 amide bonds. The van der Waals surface area contributed by atoms with Crippen molar-refractivity contribution in [1.29, 1.82) is 0 Å². The van der Waals surface area contributed by atoms with Gasteiger partial charge in [-0.1, -0.05) is 194 Å². The van der Waals surface area contributed by atoms with Gasteiger partial charge in [-0.05, 0) is 26.7 Å². The fourth-order valence-electron chi connectivity index (χ4n) is 7.04. The third kappa shape index (κ3) is 29.5. The predicted molar refractivity (Wildman–Crippen MR) is 200 cm³/mol. The summed E-state index contributed by atoms with van der Waals surface area (Å²) < 4.78 is 0. The largest absolute Gasteiger partial charge is 0.389 e. The summed E-state index contributed by atoms with van der Waals surface area (Å²) in [5.41, 5.74) is 0. The van der Waals surface area contributed by atoms with Gasteiger partial charge >= 0.3 is 0 Å². The monoisotopic (exact) mass is 628 g/mol. The van der Waals surface area contributed by atoms with Crippen LogP contribution in [-0.2, 0) is 0 Å². The van der Waals surface area contributed by atoms with E-state index in [1.54, 1.807) is 0 Å². The Morgan fingerprint density at radius 2 is 0.535 bits per heavy atom. The van der Waals surface area contributed by atoms with E-state index in [1.807, 2.05) is 0 Å². The second-order valence-corrected chi connectivity index (χ2v) is 19.1. The zero-order chi connectivity index (χ0) is 31.7. The molecule has 0 aromatic rings. The SMILES string of the molecule is CCCCCCCCCCCCCCCCC(O)C[P+](CC)(CC)CC(O)CCCCCCCCCCCCCCCC. The number of aliphatic hydroxyl groups excluding tert-OH is 2. The lowest BCUT2D eigenvalue weighted by Gasteiger charge is -2.29. The quantitative estimate of drug-likeness (QED) is 0.0536. The normalized spacial score (nSPS) is 13.5. The Balaban J connectivity index is 3.77. The van der Waals surface area contributed by atoms with Crippen LogP contribution in [0.3, 0.4) is 0 Å². The Morgan fingerprint density at radius 1 is 0.326 bits per heavy atom. The molecule has 43 heavy (non-hydrogen) atoms. The predicted octanol–water partition coefficient (Wildman–Crippen LogP) is 13.5. The highest BCUT2D eigenvalue weighted by Crippen LogP contribution is 2.59. The molecule has 0 saturated carbocycles. The van der Waals surface area contributed by atoms with Crippen LogP contribution in [0.2, 0.25) is 0 Å². The lowest BCUT2D eigenvalue weighted by Crippen LogP contribution is -2.25. The first-order valence-corrected chi connectivity index (χ1v) is 22.8. The summed E-state index contributed by atoms with van der Waals surface area (Å²) in [6.45, 7) is 9.22. The Hall–Kier alpha value is 0.350. The van der Waals surface area contributed by atoms with Gasteiger partial charge in [-0.15, -0.1) is 0 Å². The summed E-state index contributed by atoms with van der Waals surface area (Å²) in [4.78, 5) is 0. The maximum atomic E-state index is 10.9. The Labute approximate surface area is 274 Å². The lowest BCUT2D eigenvalue weighted by molar-refractivity contribution is 0.176. The van der Waals surface area contributed by atoms with E-state index in [0.717, 1.165) is 25.2 Å². The number of hydrogen-bond donors (Lipinski definition) is 2. The molecule has 0 spiro atoms. The summed E-state index contributed by atoms with van der Waals surface area (Å²) in [7, 11) is -1.25. The van der Waals surface area contributed by atoms with Gasteiger partial charge in [0.2, 0.25) is 0 Å². The molecule has 2 unspecified atom stereocenters. The molecule has 0 aromatic heterocycles. The first-order chi connectivity index (χ1) is 21.0. The molecule has 2 N–H and O–H groups in total. The molecule has 0 radical (unpaired) electrons. The Morgan fingerprint density at radius 3 is 0.744 bits per heavy atom. The first-order valence-electron chi connectivity index (χ1n) is 20.2. The van der Waals surface area contributed by atoms with Crippen LogP contribution >= 0.6 is 7.26 Å². The molecule has 0 heterocycles. The average Bonchev–Trinajstić information content (AvgIpc) is 3.01. The van der Waals surface area contributed by atoms with Crippen LogP contribution in [0.5, 0.6) is 0 Å². The highest BCUT2D eigenvalue weighted by atomic mass is 31.2. The van der Waals surface area contributed by atoms with Gasteiger partial charge in [0, 0.05) is 7.26 Å². The van der Waals surface area contributed by atoms with E-state index in [0.29, 0.717) is 0 Å². The van der Waals surface area contributed by atoms with Crippen molar-refractivity contribution in [3.05, 3.63) is 0 Å². The van der Waals surface area contributed by atoms with E-state index in [1.165, 1.54) is 192 Å². The molecule has 0 rings (SSSR count). The minimum Gasteiger partial charge on any atom is -0.389 e. The summed E-state index contributed by atoms with van der Waals surface area (Å²) in [5, 5.41) is 21.8. The highest BCUT2D eigenvalue weighted by molar-refractivity contribution is 7.75. The van der Waals surface area contributed by atoms with Crippen LogP contribution in [-0.4, -0.2) is 47.1 Å². The molecule has 3 heteroatoms. The summed E-state index contributed by atoms with van der Waals surface area (Å²) in [6, 6.07) is 0. The molecule has 0 aromatic carbocycles. The topological polar surface area (TPSA) is 40.5 Å². The number of rotatable bonds is 36. The second kappa shape index (κ2) is 33.7. The molecule has 0 aliphatic heterocycles. The number of unbranched alkanes of at least 4 members (excludes halogenated alkanes) is 26. The van der Waals surface area contributed by atoms with E-state index in [4.69, 9.17) is 0 Å². The molecule has 0 aliphatic rings. The fourth-order valence-corrected chi connectivity index (χ4v) is 10.8. The molecule has 2 atom stereocenters. The third-order valence-corrected chi connectivity index (χ3v) is 15.4. The van der Waals surface area contributed by atoms with Crippen LogP contribution in [0.1, 0.15) is 220 Å². The van der Waals surface area contributed by atoms with Crippen LogP contribution < -0.4 is 0 Å². The van der Waals surface area contributed by atoms with Crippen molar-refractivity contribution in [2.75, 3.05) is 24.6 Å². The van der Waals surface area contributed by atoms with Crippen molar-refractivity contribution in [2.45, 2.75) is 233 Å². The van der Waals surface area contributed by atoms with Crippen LogP contribution in [0.15, 0.2) is 0 Å². The van der Waals surface area contributed by atoms with E-state index in [-0.39, 0.29) is 12.2 Å². The number of aliphatic hydroxyl groups is 2. The van der Waals surface area contributed by atoms with E-state index in [2.05, 4.69) is 27.7 Å². The van der Waals surface area contributed by atoms with E-state index < -0.39 is 7.26 Å². The standard InChI is InChI=1S/C40H84O2P/c1-5-9-11-13-15-17-19-21-23-25-27-29-31-33-35-39(41)37-43(7-3,8-4)38-40(42)36-34-32-30-28-26-24-22-20-18-16-14-12-10-6-2/h39-42H,5-38H2,1-4H3/q+1. The lowest BCUT2D eigenvalue weighted by atomic mass is 10.0. The molecular formula is C40H84O2P+. The third-order valence-electron chi connectivity index (χ3n) is 10.3. The molecule has 0 fully saturated rings. The molecule has 2 nitrogen and oxygen atoms in total. The van der Waals surface area contributed by atoms with Gasteiger partial charge < -0.3 is 10.2 Å². The maximum Gasteiger partial charge on any atom is 0.0875 e. The van der Waals surface area contributed by atoms with E-state index >= 15 is 0 Å². The molecular weight excluding hydrogens is 543 g/mol. The Kier molecular flexibility index (Phi) is 34.0. The molecule has 0 aliphatic carbocycles. The van der Waals surface area contributed by atoms with Gasteiger partial charge in [0.1, 0.15) is 0 Å². The summed E-state index contributed by atoms with van der Waals surface area (Å²) >= 11 is 0. The van der Waals surface area contributed by atoms with Crippen molar-refractivity contribution in [3.63, 3.8) is 0 Å². The molecule has 0 bridgehead atoms.